The van der Waals surface area contributed by atoms with E-state index < -0.39 is 15.9 Å². The number of hydrogen-bond acceptors (Lipinski definition) is 5. The predicted molar refractivity (Wildman–Crippen MR) is 108 cm³/mol. The average Bonchev–Trinajstić information content (AvgIpc) is 2.77. The molecule has 0 radical (unpaired) electrons. The van der Waals surface area contributed by atoms with E-state index in [1.807, 2.05) is 30.3 Å². The molecule has 0 atom stereocenters. The van der Waals surface area contributed by atoms with E-state index in [9.17, 15) is 13.2 Å². The highest BCUT2D eigenvalue weighted by Gasteiger charge is 2.25. The van der Waals surface area contributed by atoms with Crippen molar-refractivity contribution in [1.82, 2.24) is 5.48 Å². The van der Waals surface area contributed by atoms with Gasteiger partial charge in [-0.3, -0.25) is 14.3 Å². The fourth-order valence-electron chi connectivity index (χ4n) is 2.78. The molecule has 0 heterocycles. The summed E-state index contributed by atoms with van der Waals surface area (Å²) in [6, 6.07) is 21.3. The lowest BCUT2D eigenvalue weighted by Crippen LogP contribution is -2.30. The molecule has 0 unspecified atom stereocenters. The fraction of sp³-hybridized carbons (Fsp3) is 0.0952. The van der Waals surface area contributed by atoms with Crippen LogP contribution >= 0.6 is 0 Å². The van der Waals surface area contributed by atoms with Gasteiger partial charge in [-0.2, -0.15) is 0 Å². The molecule has 7 nitrogen and oxygen atoms in total. The van der Waals surface area contributed by atoms with Crippen LogP contribution in [-0.4, -0.2) is 26.6 Å². The van der Waals surface area contributed by atoms with Crippen molar-refractivity contribution in [2.75, 3.05) is 11.4 Å². The summed E-state index contributed by atoms with van der Waals surface area (Å²) in [4.78, 5) is 11.7. The van der Waals surface area contributed by atoms with Crippen LogP contribution in [0.25, 0.3) is 0 Å². The normalized spacial score (nSPS) is 11.0. The van der Waals surface area contributed by atoms with Crippen LogP contribution in [0.3, 0.4) is 0 Å². The number of anilines is 1. The van der Waals surface area contributed by atoms with E-state index in [1.54, 1.807) is 17.6 Å². The highest BCUT2D eigenvalue weighted by atomic mass is 32.2. The number of amides is 1. The average molecular weight is 412 g/mol. The second-order valence-electron chi connectivity index (χ2n) is 6.16. The van der Waals surface area contributed by atoms with Gasteiger partial charge in [-0.15, -0.1) is 0 Å². The van der Waals surface area contributed by atoms with Gasteiger partial charge in [0.15, 0.2) is 0 Å². The number of sulfonamides is 1. The van der Waals surface area contributed by atoms with Gasteiger partial charge in [-0.25, -0.2) is 13.9 Å². The second-order valence-corrected chi connectivity index (χ2v) is 8.02. The maximum Gasteiger partial charge on any atom is 0.274 e. The van der Waals surface area contributed by atoms with E-state index in [2.05, 4.69) is 0 Å². The third-order valence-corrected chi connectivity index (χ3v) is 6.12. The topological polar surface area (TPSA) is 95.9 Å². The van der Waals surface area contributed by atoms with Gasteiger partial charge >= 0.3 is 0 Å². The summed E-state index contributed by atoms with van der Waals surface area (Å²) in [5.74, 6) is -0.123. The Morgan fingerprint density at radius 2 is 1.59 bits per heavy atom. The van der Waals surface area contributed by atoms with Crippen molar-refractivity contribution >= 4 is 21.6 Å². The molecule has 0 saturated carbocycles. The van der Waals surface area contributed by atoms with Crippen molar-refractivity contribution < 1.29 is 23.2 Å². The van der Waals surface area contributed by atoms with Crippen molar-refractivity contribution in [3.8, 4) is 5.75 Å². The Kier molecular flexibility index (Phi) is 6.16. The molecular weight excluding hydrogens is 392 g/mol. The number of benzene rings is 3. The molecule has 0 aliphatic rings. The largest absolute Gasteiger partial charge is 0.497 e. The highest BCUT2D eigenvalue weighted by molar-refractivity contribution is 7.92. The number of methoxy groups -OCH3 is 1. The molecule has 0 fully saturated rings. The molecule has 150 valence electrons. The number of ether oxygens (including phenoxy) is 1. The maximum absolute atomic E-state index is 13.4. The van der Waals surface area contributed by atoms with Crippen LogP contribution in [-0.2, 0) is 16.6 Å². The Labute approximate surface area is 169 Å². The van der Waals surface area contributed by atoms with Gasteiger partial charge in [0.25, 0.3) is 15.9 Å². The molecule has 3 aromatic carbocycles. The SMILES string of the molecule is COc1ccc(S(=O)(=O)N(Cc2ccccc2)c2ccc(C(=O)NO)cc2)cc1. The van der Waals surface area contributed by atoms with E-state index >= 15 is 0 Å². The fourth-order valence-corrected chi connectivity index (χ4v) is 4.24. The quantitative estimate of drug-likeness (QED) is 0.459. The Hall–Kier alpha value is -3.36. The van der Waals surface area contributed by atoms with Crippen molar-refractivity contribution in [3.63, 3.8) is 0 Å². The number of rotatable bonds is 7. The first-order valence-corrected chi connectivity index (χ1v) is 10.1. The van der Waals surface area contributed by atoms with E-state index in [1.165, 1.54) is 47.8 Å². The molecular formula is C21H20N2O5S. The summed E-state index contributed by atoms with van der Waals surface area (Å²) < 4.78 is 33.1. The Bertz CT molecular complexity index is 1070. The summed E-state index contributed by atoms with van der Waals surface area (Å²) in [5.41, 5.74) is 2.96. The molecule has 0 aromatic heterocycles. The summed E-state index contributed by atoms with van der Waals surface area (Å²) in [6.45, 7) is 0.112. The molecule has 0 bridgehead atoms. The molecule has 0 saturated heterocycles. The smallest absolute Gasteiger partial charge is 0.274 e. The Balaban J connectivity index is 2.03. The van der Waals surface area contributed by atoms with Gasteiger partial charge < -0.3 is 4.74 Å². The lowest BCUT2D eigenvalue weighted by Gasteiger charge is -2.25. The number of hydrogen-bond donors (Lipinski definition) is 2. The van der Waals surface area contributed by atoms with E-state index in [-0.39, 0.29) is 17.0 Å². The molecule has 2 N–H and O–H groups in total. The van der Waals surface area contributed by atoms with Crippen LogP contribution in [0.1, 0.15) is 15.9 Å². The molecule has 0 spiro atoms. The predicted octanol–water partition coefficient (Wildman–Crippen LogP) is 3.21. The number of hydroxylamine groups is 1. The zero-order valence-corrected chi connectivity index (χ0v) is 16.5. The van der Waals surface area contributed by atoms with E-state index in [4.69, 9.17) is 9.94 Å². The zero-order chi connectivity index (χ0) is 20.9. The molecule has 0 aliphatic heterocycles. The standard InChI is InChI=1S/C21H20N2O5S/c1-28-19-11-13-20(14-12-19)29(26,27)23(15-16-5-3-2-4-6-16)18-9-7-17(8-10-18)21(24)22-25/h2-14,25H,15H2,1H3,(H,22,24). The third kappa shape index (κ3) is 4.56. The first-order valence-electron chi connectivity index (χ1n) is 8.71. The lowest BCUT2D eigenvalue weighted by molar-refractivity contribution is 0.0706. The number of carbonyl (C=O) groups excluding carboxylic acids is 1. The van der Waals surface area contributed by atoms with Crippen molar-refractivity contribution in [2.45, 2.75) is 11.4 Å². The molecule has 0 aliphatic carbocycles. The van der Waals surface area contributed by atoms with E-state index in [0.29, 0.717) is 11.4 Å². The molecule has 3 rings (SSSR count). The van der Waals surface area contributed by atoms with Crippen LogP contribution < -0.4 is 14.5 Å². The number of nitrogens with zero attached hydrogens (tertiary/aromatic N) is 1. The van der Waals surface area contributed by atoms with Gasteiger partial charge in [0.1, 0.15) is 5.75 Å². The van der Waals surface area contributed by atoms with Gasteiger partial charge in [0.2, 0.25) is 0 Å². The minimum atomic E-state index is -3.89. The van der Waals surface area contributed by atoms with Crippen LogP contribution in [0, 0.1) is 0 Å². The van der Waals surface area contributed by atoms with Crippen LogP contribution in [0.4, 0.5) is 5.69 Å². The minimum Gasteiger partial charge on any atom is -0.497 e. The lowest BCUT2D eigenvalue weighted by atomic mass is 10.2. The highest BCUT2D eigenvalue weighted by Crippen LogP contribution is 2.27. The zero-order valence-electron chi connectivity index (χ0n) is 15.6. The number of carbonyl (C=O) groups is 1. The maximum atomic E-state index is 13.4. The third-order valence-electron chi connectivity index (χ3n) is 4.34. The molecule has 3 aromatic rings. The molecule has 8 heteroatoms. The Morgan fingerprint density at radius 3 is 2.14 bits per heavy atom. The Morgan fingerprint density at radius 1 is 0.966 bits per heavy atom. The first kappa shape index (κ1) is 20.4. The van der Waals surface area contributed by atoms with Crippen molar-refractivity contribution in [2.24, 2.45) is 0 Å². The van der Waals surface area contributed by atoms with Crippen molar-refractivity contribution in [3.05, 3.63) is 90.0 Å². The van der Waals surface area contributed by atoms with Gasteiger partial charge in [0, 0.05) is 5.56 Å². The number of nitrogens with one attached hydrogen (secondary N) is 1. The van der Waals surface area contributed by atoms with E-state index in [0.717, 1.165) is 5.56 Å². The van der Waals surface area contributed by atoms with Gasteiger partial charge in [-0.1, -0.05) is 30.3 Å². The minimum absolute atomic E-state index is 0.112. The summed E-state index contributed by atoms with van der Waals surface area (Å²) in [5, 5.41) is 8.77. The van der Waals surface area contributed by atoms with Crippen molar-refractivity contribution in [1.29, 1.82) is 0 Å². The van der Waals surface area contributed by atoms with Gasteiger partial charge in [-0.05, 0) is 54.1 Å². The summed E-state index contributed by atoms with van der Waals surface area (Å²) in [7, 11) is -2.38. The first-order chi connectivity index (χ1) is 14.0. The van der Waals surface area contributed by atoms with Crippen LogP contribution in [0.2, 0.25) is 0 Å². The second kappa shape index (κ2) is 8.76. The van der Waals surface area contributed by atoms with Crippen LogP contribution in [0.5, 0.6) is 5.75 Å². The summed E-state index contributed by atoms with van der Waals surface area (Å²) >= 11 is 0. The molecule has 29 heavy (non-hydrogen) atoms. The van der Waals surface area contributed by atoms with Gasteiger partial charge in [0.05, 0.1) is 24.2 Å². The molecule has 1 amide bonds. The monoisotopic (exact) mass is 412 g/mol. The summed E-state index contributed by atoms with van der Waals surface area (Å²) in [6.07, 6.45) is 0. The van der Waals surface area contributed by atoms with Crippen LogP contribution in [0.15, 0.2) is 83.8 Å².